The topological polar surface area (TPSA) is 49.4 Å². The predicted octanol–water partition coefficient (Wildman–Crippen LogP) is 3.11. The number of hydrogen-bond donors (Lipinski definition) is 1. The number of hydrogen-bond acceptors (Lipinski definition) is 2. The first-order valence-electron chi connectivity index (χ1n) is 8.47. The van der Waals surface area contributed by atoms with Crippen LogP contribution in [0.25, 0.3) is 0 Å². The molecule has 0 spiro atoms. The zero-order valence-electron chi connectivity index (χ0n) is 14.5. The van der Waals surface area contributed by atoms with Crippen LogP contribution < -0.4 is 5.32 Å². The van der Waals surface area contributed by atoms with E-state index in [1.165, 1.54) is 0 Å². The molecule has 21 heavy (non-hydrogen) atoms. The van der Waals surface area contributed by atoms with Gasteiger partial charge in [0.2, 0.25) is 11.8 Å². The molecule has 0 saturated carbocycles. The van der Waals surface area contributed by atoms with Gasteiger partial charge in [0.15, 0.2) is 0 Å². The molecular weight excluding hydrogens is 264 g/mol. The predicted molar refractivity (Wildman–Crippen MR) is 85.9 cm³/mol. The summed E-state index contributed by atoms with van der Waals surface area (Å²) in [7, 11) is 0. The molecule has 4 heteroatoms. The van der Waals surface area contributed by atoms with Crippen LogP contribution in [0.3, 0.4) is 0 Å². The van der Waals surface area contributed by atoms with E-state index in [2.05, 4.69) is 33.0 Å². The van der Waals surface area contributed by atoms with Gasteiger partial charge in [-0.1, -0.05) is 41.0 Å². The number of carbonyl (C=O) groups excluding carboxylic acids is 2. The molecule has 0 aromatic rings. The Bertz CT molecular complexity index is 375. The summed E-state index contributed by atoms with van der Waals surface area (Å²) in [6.07, 6.45) is 3.99. The molecule has 1 heterocycles. The third kappa shape index (κ3) is 3.58. The summed E-state index contributed by atoms with van der Waals surface area (Å²) < 4.78 is 0. The Morgan fingerprint density at radius 1 is 1.14 bits per heavy atom. The molecule has 1 N–H and O–H groups in total. The summed E-state index contributed by atoms with van der Waals surface area (Å²) in [6.45, 7) is 12.4. The maximum Gasteiger partial charge on any atom is 0.249 e. The number of amides is 2. The van der Waals surface area contributed by atoms with E-state index >= 15 is 0 Å². The normalized spacial score (nSPS) is 23.4. The van der Waals surface area contributed by atoms with Crippen LogP contribution in [-0.2, 0) is 9.59 Å². The molecule has 0 aromatic carbocycles. The smallest absolute Gasteiger partial charge is 0.249 e. The molecule has 2 amide bonds. The lowest BCUT2D eigenvalue weighted by atomic mass is 9.84. The fraction of sp³-hybridized carbons (Fsp3) is 0.882. The van der Waals surface area contributed by atoms with Gasteiger partial charge in [-0.3, -0.25) is 9.59 Å². The molecule has 1 aliphatic heterocycles. The Balaban J connectivity index is 3.16. The van der Waals surface area contributed by atoms with Crippen molar-refractivity contribution >= 4 is 11.8 Å². The van der Waals surface area contributed by atoms with Gasteiger partial charge >= 0.3 is 0 Å². The first kappa shape index (κ1) is 18.0. The van der Waals surface area contributed by atoms with E-state index in [0.717, 1.165) is 19.3 Å². The van der Waals surface area contributed by atoms with Crippen LogP contribution in [0.15, 0.2) is 0 Å². The fourth-order valence-electron chi connectivity index (χ4n) is 3.35. The van der Waals surface area contributed by atoms with E-state index in [9.17, 15) is 9.59 Å². The molecule has 1 saturated heterocycles. The van der Waals surface area contributed by atoms with Crippen molar-refractivity contribution in [1.82, 2.24) is 10.2 Å². The second kappa shape index (κ2) is 7.28. The SMILES string of the molecule is CCCC(C)N1C(=O)C(CC)(CC)NC(=O)C1CC(C)C. The van der Waals surface area contributed by atoms with Crippen LogP contribution in [0.5, 0.6) is 0 Å². The monoisotopic (exact) mass is 296 g/mol. The first-order valence-corrected chi connectivity index (χ1v) is 8.47. The van der Waals surface area contributed by atoms with E-state index in [1.54, 1.807) is 0 Å². The third-order valence-electron chi connectivity index (χ3n) is 4.73. The Kier molecular flexibility index (Phi) is 6.24. The number of rotatable bonds is 7. The van der Waals surface area contributed by atoms with Crippen molar-refractivity contribution in [3.05, 3.63) is 0 Å². The van der Waals surface area contributed by atoms with E-state index in [0.29, 0.717) is 18.8 Å². The van der Waals surface area contributed by atoms with E-state index in [-0.39, 0.29) is 23.9 Å². The summed E-state index contributed by atoms with van der Waals surface area (Å²) >= 11 is 0. The van der Waals surface area contributed by atoms with Gasteiger partial charge in [0.25, 0.3) is 0 Å². The average Bonchev–Trinajstić information content (AvgIpc) is 2.42. The van der Waals surface area contributed by atoms with E-state index in [4.69, 9.17) is 0 Å². The van der Waals surface area contributed by atoms with Crippen molar-refractivity contribution in [2.75, 3.05) is 0 Å². The molecule has 2 atom stereocenters. The number of nitrogens with zero attached hydrogens (tertiary/aromatic N) is 1. The van der Waals surface area contributed by atoms with Gasteiger partial charge < -0.3 is 10.2 Å². The number of carbonyl (C=O) groups is 2. The summed E-state index contributed by atoms with van der Waals surface area (Å²) in [5.41, 5.74) is -0.702. The minimum atomic E-state index is -0.702. The van der Waals surface area contributed by atoms with Crippen LogP contribution in [0, 0.1) is 5.92 Å². The van der Waals surface area contributed by atoms with Crippen LogP contribution in [-0.4, -0.2) is 34.3 Å². The second-order valence-corrected chi connectivity index (χ2v) is 6.77. The van der Waals surface area contributed by atoms with E-state index in [1.807, 2.05) is 18.7 Å². The number of piperazine rings is 1. The molecule has 1 fully saturated rings. The Labute approximate surface area is 129 Å². The van der Waals surface area contributed by atoms with E-state index < -0.39 is 5.54 Å². The number of nitrogens with one attached hydrogen (secondary N) is 1. The second-order valence-electron chi connectivity index (χ2n) is 6.77. The molecule has 4 nitrogen and oxygen atoms in total. The fourth-order valence-corrected chi connectivity index (χ4v) is 3.35. The molecular formula is C17H32N2O2. The van der Waals surface area contributed by atoms with Gasteiger partial charge in [-0.25, -0.2) is 0 Å². The van der Waals surface area contributed by atoms with Crippen LogP contribution in [0.4, 0.5) is 0 Å². The summed E-state index contributed by atoms with van der Waals surface area (Å²) in [4.78, 5) is 27.6. The highest BCUT2D eigenvalue weighted by Gasteiger charge is 2.49. The van der Waals surface area contributed by atoms with Crippen molar-refractivity contribution in [2.45, 2.75) is 91.3 Å². The quantitative estimate of drug-likeness (QED) is 0.785. The molecule has 0 radical (unpaired) electrons. The first-order chi connectivity index (χ1) is 9.82. The van der Waals surface area contributed by atoms with Crippen LogP contribution in [0.1, 0.15) is 73.6 Å². The average molecular weight is 296 g/mol. The van der Waals surface area contributed by atoms with Crippen molar-refractivity contribution in [1.29, 1.82) is 0 Å². The zero-order valence-corrected chi connectivity index (χ0v) is 14.5. The summed E-state index contributed by atoms with van der Waals surface area (Å²) in [5, 5.41) is 3.03. The molecule has 1 aliphatic rings. The van der Waals surface area contributed by atoms with Crippen molar-refractivity contribution in [2.24, 2.45) is 5.92 Å². The van der Waals surface area contributed by atoms with Crippen molar-refractivity contribution < 1.29 is 9.59 Å². The van der Waals surface area contributed by atoms with Crippen LogP contribution >= 0.6 is 0 Å². The maximum absolute atomic E-state index is 13.1. The standard InChI is InChI=1S/C17H32N2O2/c1-7-10-13(6)19-14(11-12(4)5)15(20)18-17(8-2,9-3)16(19)21/h12-14H,7-11H2,1-6H3,(H,18,20). The van der Waals surface area contributed by atoms with Gasteiger partial charge in [0.1, 0.15) is 11.6 Å². The highest BCUT2D eigenvalue weighted by atomic mass is 16.2. The zero-order chi connectivity index (χ0) is 16.2. The largest absolute Gasteiger partial charge is 0.340 e. The Morgan fingerprint density at radius 3 is 2.14 bits per heavy atom. The summed E-state index contributed by atoms with van der Waals surface area (Å²) in [6, 6.07) is -0.194. The van der Waals surface area contributed by atoms with Gasteiger partial charge in [0, 0.05) is 6.04 Å². The molecule has 1 rings (SSSR count). The molecule has 0 aromatic heterocycles. The minimum Gasteiger partial charge on any atom is -0.340 e. The van der Waals surface area contributed by atoms with Gasteiger partial charge in [-0.2, -0.15) is 0 Å². The molecule has 0 aliphatic carbocycles. The maximum atomic E-state index is 13.1. The Morgan fingerprint density at radius 2 is 1.71 bits per heavy atom. The Hall–Kier alpha value is -1.06. The highest BCUT2D eigenvalue weighted by molar-refractivity contribution is 6.00. The van der Waals surface area contributed by atoms with Gasteiger partial charge in [-0.05, 0) is 38.5 Å². The minimum absolute atomic E-state index is 0.0231. The summed E-state index contributed by atoms with van der Waals surface area (Å²) in [5.74, 6) is 0.522. The van der Waals surface area contributed by atoms with Gasteiger partial charge in [0.05, 0.1) is 0 Å². The van der Waals surface area contributed by atoms with Crippen LogP contribution in [0.2, 0.25) is 0 Å². The lowest BCUT2D eigenvalue weighted by Gasteiger charge is -2.48. The molecule has 0 bridgehead atoms. The van der Waals surface area contributed by atoms with Crippen molar-refractivity contribution in [3.8, 4) is 0 Å². The molecule has 2 unspecified atom stereocenters. The van der Waals surface area contributed by atoms with Gasteiger partial charge in [-0.15, -0.1) is 0 Å². The molecule has 122 valence electrons. The lowest BCUT2D eigenvalue weighted by Crippen LogP contribution is -2.71. The van der Waals surface area contributed by atoms with Crippen molar-refractivity contribution in [3.63, 3.8) is 0 Å². The lowest BCUT2D eigenvalue weighted by molar-refractivity contribution is -0.159. The highest BCUT2D eigenvalue weighted by Crippen LogP contribution is 2.30. The third-order valence-corrected chi connectivity index (χ3v) is 4.73.